The van der Waals surface area contributed by atoms with Crippen LogP contribution in [0.1, 0.15) is 24.0 Å². The molecule has 0 saturated carbocycles. The predicted octanol–water partition coefficient (Wildman–Crippen LogP) is 4.02. The smallest absolute Gasteiger partial charge is 0.261 e. The molecule has 0 radical (unpaired) electrons. The molecule has 0 unspecified atom stereocenters. The van der Waals surface area contributed by atoms with Crippen LogP contribution in [0.25, 0.3) is 0 Å². The van der Waals surface area contributed by atoms with Crippen LogP contribution in [0.3, 0.4) is 0 Å². The number of nitrogens with zero attached hydrogens (tertiary/aromatic N) is 1. The number of carbonyl (C=O) groups excluding carboxylic acids is 1. The Kier molecular flexibility index (Phi) is 7.83. The number of carbonyl (C=O) groups is 1. The lowest BCUT2D eigenvalue weighted by Gasteiger charge is -2.22. The lowest BCUT2D eigenvalue weighted by Crippen LogP contribution is -2.31. The van der Waals surface area contributed by atoms with Crippen LogP contribution in [0.2, 0.25) is 0 Å². The first-order chi connectivity index (χ1) is 17.9. The highest BCUT2D eigenvalue weighted by molar-refractivity contribution is 7.92. The molecule has 202 valence electrons. The molecule has 12 heteroatoms. The summed E-state index contributed by atoms with van der Waals surface area (Å²) < 4.78 is 64.7. The third kappa shape index (κ3) is 6.56. The molecular weight excluding hydrogens is 530 g/mol. The first-order valence-electron chi connectivity index (χ1n) is 11.8. The molecule has 1 heterocycles. The van der Waals surface area contributed by atoms with E-state index in [4.69, 9.17) is 9.47 Å². The monoisotopic (exact) mass is 559 g/mol. The van der Waals surface area contributed by atoms with Crippen molar-refractivity contribution in [1.29, 1.82) is 0 Å². The number of fused-ring (bicyclic) bond motifs is 1. The van der Waals surface area contributed by atoms with Crippen molar-refractivity contribution in [3.8, 4) is 11.5 Å². The summed E-state index contributed by atoms with van der Waals surface area (Å²) in [5.41, 5.74) is 3.18. The number of hydrogen-bond donors (Lipinski definition) is 2. The Hall–Kier alpha value is -3.77. The Morgan fingerprint density at radius 2 is 1.63 bits per heavy atom. The van der Waals surface area contributed by atoms with Gasteiger partial charge in [0.25, 0.3) is 10.0 Å². The number of rotatable bonds is 10. The molecule has 0 fully saturated rings. The van der Waals surface area contributed by atoms with E-state index in [2.05, 4.69) is 10.0 Å². The first-order valence-corrected chi connectivity index (χ1v) is 15.1. The van der Waals surface area contributed by atoms with Gasteiger partial charge in [0, 0.05) is 24.7 Å². The number of nitrogens with one attached hydrogen (secondary N) is 2. The van der Waals surface area contributed by atoms with Crippen molar-refractivity contribution in [2.24, 2.45) is 0 Å². The molecule has 1 amide bonds. The Balaban J connectivity index is 1.33. The molecule has 0 aliphatic carbocycles. The standard InChI is InChI=1S/C26H29N3O7S2/c1-18-6-12-23(19(2)15-18)28-38(33,34)22-10-7-20(8-11-22)27-26(30)5-4-14-29(37(3,31)32)21-9-13-24-25(16-21)36-17-35-24/h6-13,15-16,28H,4-5,14,17H2,1-3H3,(H,27,30). The maximum Gasteiger partial charge on any atom is 0.261 e. The summed E-state index contributed by atoms with van der Waals surface area (Å²) in [6.45, 7) is 3.92. The van der Waals surface area contributed by atoms with E-state index >= 15 is 0 Å². The molecule has 1 aliphatic rings. The van der Waals surface area contributed by atoms with Crippen LogP contribution in [-0.4, -0.2) is 42.3 Å². The molecule has 0 saturated heterocycles. The van der Waals surface area contributed by atoms with E-state index in [1.165, 1.54) is 28.6 Å². The Morgan fingerprint density at radius 1 is 0.921 bits per heavy atom. The number of sulfonamides is 2. The van der Waals surface area contributed by atoms with E-state index in [0.29, 0.717) is 28.6 Å². The zero-order valence-corrected chi connectivity index (χ0v) is 22.9. The fourth-order valence-corrected chi connectivity index (χ4v) is 6.07. The molecule has 3 aromatic rings. The molecule has 0 aromatic heterocycles. The number of benzene rings is 3. The first kappa shape index (κ1) is 27.3. The fourth-order valence-electron chi connectivity index (χ4n) is 3.98. The van der Waals surface area contributed by atoms with Crippen LogP contribution in [0.4, 0.5) is 17.1 Å². The lowest BCUT2D eigenvalue weighted by molar-refractivity contribution is -0.116. The van der Waals surface area contributed by atoms with E-state index in [1.807, 2.05) is 26.0 Å². The summed E-state index contributed by atoms with van der Waals surface area (Å²) in [7, 11) is -7.40. The third-order valence-electron chi connectivity index (χ3n) is 5.88. The normalized spacial score (nSPS) is 12.7. The van der Waals surface area contributed by atoms with Crippen LogP contribution in [-0.2, 0) is 24.8 Å². The minimum atomic E-state index is -3.80. The van der Waals surface area contributed by atoms with Crippen molar-refractivity contribution >= 4 is 43.0 Å². The van der Waals surface area contributed by atoms with Gasteiger partial charge >= 0.3 is 0 Å². The van der Waals surface area contributed by atoms with Crippen LogP contribution in [0.5, 0.6) is 11.5 Å². The van der Waals surface area contributed by atoms with Crippen LogP contribution in [0.15, 0.2) is 65.6 Å². The van der Waals surface area contributed by atoms with Crippen LogP contribution in [0, 0.1) is 13.8 Å². The topological polar surface area (TPSA) is 131 Å². The molecule has 4 rings (SSSR count). The zero-order valence-electron chi connectivity index (χ0n) is 21.2. The second-order valence-corrected chi connectivity index (χ2v) is 12.6. The molecule has 38 heavy (non-hydrogen) atoms. The number of anilines is 3. The van der Waals surface area contributed by atoms with Crippen molar-refractivity contribution in [2.75, 3.05) is 33.9 Å². The number of ether oxygens (including phenoxy) is 2. The minimum absolute atomic E-state index is 0.0583. The van der Waals surface area contributed by atoms with Gasteiger partial charge < -0.3 is 14.8 Å². The van der Waals surface area contributed by atoms with Crippen molar-refractivity contribution in [3.63, 3.8) is 0 Å². The maximum atomic E-state index is 12.8. The summed E-state index contributed by atoms with van der Waals surface area (Å²) in [6.07, 6.45) is 1.42. The number of aryl methyl sites for hydroxylation is 2. The maximum absolute atomic E-state index is 12.8. The molecule has 1 aliphatic heterocycles. The molecule has 0 spiro atoms. The van der Waals surface area contributed by atoms with Gasteiger partial charge in [-0.1, -0.05) is 17.7 Å². The molecule has 2 N–H and O–H groups in total. The second kappa shape index (κ2) is 10.9. The average molecular weight is 560 g/mol. The van der Waals surface area contributed by atoms with Gasteiger partial charge in [-0.25, -0.2) is 16.8 Å². The molecule has 3 aromatic carbocycles. The summed E-state index contributed by atoms with van der Waals surface area (Å²) in [5, 5.41) is 2.71. The van der Waals surface area contributed by atoms with Gasteiger partial charge in [-0.15, -0.1) is 0 Å². The molecular formula is C26H29N3O7S2. The van der Waals surface area contributed by atoms with Crippen molar-refractivity contribution < 1.29 is 31.1 Å². The average Bonchev–Trinajstić information content (AvgIpc) is 3.31. The molecule has 10 nitrogen and oxygen atoms in total. The fraction of sp³-hybridized carbons (Fsp3) is 0.269. The Labute approximate surface area is 222 Å². The minimum Gasteiger partial charge on any atom is -0.454 e. The van der Waals surface area contributed by atoms with Gasteiger partial charge in [0.1, 0.15) is 0 Å². The summed E-state index contributed by atoms with van der Waals surface area (Å²) in [4.78, 5) is 12.5. The summed E-state index contributed by atoms with van der Waals surface area (Å²) in [5.74, 6) is 0.679. The quantitative estimate of drug-likeness (QED) is 0.384. The molecule has 0 atom stereocenters. The Bertz CT molecular complexity index is 1550. The van der Waals surface area contributed by atoms with Gasteiger partial charge in [-0.3, -0.25) is 13.8 Å². The highest BCUT2D eigenvalue weighted by atomic mass is 32.2. The second-order valence-electron chi connectivity index (χ2n) is 8.97. The van der Waals surface area contributed by atoms with E-state index in [9.17, 15) is 21.6 Å². The van der Waals surface area contributed by atoms with Gasteiger partial charge in [-0.05, 0) is 68.3 Å². The van der Waals surface area contributed by atoms with Crippen molar-refractivity contribution in [2.45, 2.75) is 31.6 Å². The van der Waals surface area contributed by atoms with Gasteiger partial charge in [0.2, 0.25) is 22.7 Å². The SMILES string of the molecule is Cc1ccc(NS(=O)(=O)c2ccc(NC(=O)CCCN(c3ccc4c(c3)OCO4)S(C)(=O)=O)cc2)c(C)c1. The van der Waals surface area contributed by atoms with E-state index < -0.39 is 20.0 Å². The predicted molar refractivity (Wildman–Crippen MR) is 146 cm³/mol. The third-order valence-corrected chi connectivity index (χ3v) is 8.46. The van der Waals surface area contributed by atoms with E-state index in [-0.39, 0.29) is 37.0 Å². The van der Waals surface area contributed by atoms with Gasteiger partial charge in [-0.2, -0.15) is 0 Å². The molecule has 0 bridgehead atoms. The number of amides is 1. The van der Waals surface area contributed by atoms with Crippen LogP contribution >= 0.6 is 0 Å². The van der Waals surface area contributed by atoms with Crippen molar-refractivity contribution in [1.82, 2.24) is 0 Å². The van der Waals surface area contributed by atoms with Gasteiger partial charge in [0.15, 0.2) is 11.5 Å². The van der Waals surface area contributed by atoms with Crippen LogP contribution < -0.4 is 23.8 Å². The summed E-state index contributed by atoms with van der Waals surface area (Å²) >= 11 is 0. The van der Waals surface area contributed by atoms with E-state index in [0.717, 1.165) is 17.4 Å². The van der Waals surface area contributed by atoms with Gasteiger partial charge in [0.05, 0.1) is 22.5 Å². The highest BCUT2D eigenvalue weighted by Crippen LogP contribution is 2.36. The highest BCUT2D eigenvalue weighted by Gasteiger charge is 2.22. The van der Waals surface area contributed by atoms with Crippen molar-refractivity contribution in [3.05, 3.63) is 71.8 Å². The van der Waals surface area contributed by atoms with E-state index in [1.54, 1.807) is 24.3 Å². The lowest BCUT2D eigenvalue weighted by atomic mass is 10.1. The zero-order chi connectivity index (χ0) is 27.5. The Morgan fingerprint density at radius 3 is 2.32 bits per heavy atom. The number of hydrogen-bond acceptors (Lipinski definition) is 7. The largest absolute Gasteiger partial charge is 0.454 e. The summed E-state index contributed by atoms with van der Waals surface area (Å²) in [6, 6.07) is 16.1.